The Balaban J connectivity index is 2.94. The van der Waals surface area contributed by atoms with Gasteiger partial charge in [-0.15, -0.1) is 0 Å². The lowest BCUT2D eigenvalue weighted by molar-refractivity contribution is -0.158. The molecular weight excluding hydrogens is 312 g/mol. The number of esters is 1. The number of carbonyl (C=O) groups excluding carboxylic acids is 1. The Morgan fingerprint density at radius 2 is 1.89 bits per heavy atom. The van der Waals surface area contributed by atoms with Crippen molar-refractivity contribution in [3.63, 3.8) is 0 Å². The van der Waals surface area contributed by atoms with Crippen molar-refractivity contribution < 1.29 is 19.0 Å². The monoisotopic (exact) mass is 330 g/mol. The second-order valence-corrected chi connectivity index (χ2v) is 5.27. The van der Waals surface area contributed by atoms with Crippen LogP contribution in [0.5, 0.6) is 11.5 Å². The van der Waals surface area contributed by atoms with Crippen LogP contribution in [0.15, 0.2) is 22.7 Å². The van der Waals surface area contributed by atoms with Crippen LogP contribution >= 0.6 is 15.9 Å². The molecule has 106 valence electrons. The molecular formula is C14H19BrO4. The van der Waals surface area contributed by atoms with E-state index < -0.39 is 11.6 Å². The van der Waals surface area contributed by atoms with Gasteiger partial charge in [0.05, 0.1) is 13.2 Å². The van der Waals surface area contributed by atoms with Crippen molar-refractivity contribution in [1.82, 2.24) is 0 Å². The van der Waals surface area contributed by atoms with Gasteiger partial charge in [0, 0.05) is 4.47 Å². The van der Waals surface area contributed by atoms with E-state index in [1.165, 1.54) is 0 Å². The summed E-state index contributed by atoms with van der Waals surface area (Å²) >= 11 is 3.37. The van der Waals surface area contributed by atoms with Gasteiger partial charge in [-0.3, -0.25) is 0 Å². The molecule has 0 atom stereocenters. The van der Waals surface area contributed by atoms with Crippen molar-refractivity contribution in [1.29, 1.82) is 0 Å². The summed E-state index contributed by atoms with van der Waals surface area (Å²) in [5.74, 6) is 0.706. The van der Waals surface area contributed by atoms with Crippen LogP contribution < -0.4 is 9.47 Å². The average Bonchev–Trinajstić information content (AvgIpc) is 2.33. The molecule has 0 aliphatic carbocycles. The number of rotatable bonds is 6. The zero-order valence-corrected chi connectivity index (χ0v) is 13.2. The molecule has 0 aliphatic heterocycles. The van der Waals surface area contributed by atoms with Gasteiger partial charge in [-0.25, -0.2) is 4.79 Å². The molecule has 5 heteroatoms. The van der Waals surface area contributed by atoms with E-state index in [1.54, 1.807) is 32.9 Å². The topological polar surface area (TPSA) is 44.8 Å². The first-order valence-corrected chi connectivity index (χ1v) is 6.98. The first-order chi connectivity index (χ1) is 8.90. The van der Waals surface area contributed by atoms with Crippen molar-refractivity contribution in [2.45, 2.75) is 33.3 Å². The van der Waals surface area contributed by atoms with Crippen LogP contribution in [0.4, 0.5) is 0 Å². The van der Waals surface area contributed by atoms with E-state index in [0.29, 0.717) is 24.7 Å². The van der Waals surface area contributed by atoms with Crippen LogP contribution in [-0.2, 0) is 9.53 Å². The predicted octanol–water partition coefficient (Wildman–Crippen LogP) is 3.57. The molecule has 0 unspecified atom stereocenters. The molecule has 1 aromatic rings. The quantitative estimate of drug-likeness (QED) is 0.748. The summed E-state index contributed by atoms with van der Waals surface area (Å²) in [7, 11) is 0. The molecule has 0 spiro atoms. The molecule has 0 fully saturated rings. The van der Waals surface area contributed by atoms with Gasteiger partial charge in [-0.1, -0.05) is 15.9 Å². The second-order valence-electron chi connectivity index (χ2n) is 4.36. The maximum atomic E-state index is 11.8. The summed E-state index contributed by atoms with van der Waals surface area (Å²) in [4.78, 5) is 11.8. The summed E-state index contributed by atoms with van der Waals surface area (Å²) in [5, 5.41) is 0. The van der Waals surface area contributed by atoms with E-state index in [0.717, 1.165) is 4.47 Å². The number of hydrogen-bond acceptors (Lipinski definition) is 4. The lowest BCUT2D eigenvalue weighted by Gasteiger charge is -2.25. The Bertz CT molecular complexity index is 443. The van der Waals surface area contributed by atoms with Gasteiger partial charge in [0.15, 0.2) is 17.1 Å². The van der Waals surface area contributed by atoms with Gasteiger partial charge in [-0.05, 0) is 45.9 Å². The van der Waals surface area contributed by atoms with Crippen LogP contribution in [0.2, 0.25) is 0 Å². The normalized spacial score (nSPS) is 11.0. The lowest BCUT2D eigenvalue weighted by atomic mass is 10.1. The van der Waals surface area contributed by atoms with E-state index in [2.05, 4.69) is 15.9 Å². The predicted molar refractivity (Wildman–Crippen MR) is 76.7 cm³/mol. The number of ether oxygens (including phenoxy) is 3. The van der Waals surface area contributed by atoms with E-state index >= 15 is 0 Å². The Morgan fingerprint density at radius 1 is 1.21 bits per heavy atom. The highest BCUT2D eigenvalue weighted by Crippen LogP contribution is 2.33. The molecule has 4 nitrogen and oxygen atoms in total. The Morgan fingerprint density at radius 3 is 2.47 bits per heavy atom. The summed E-state index contributed by atoms with van der Waals surface area (Å²) in [5.41, 5.74) is -1.06. The van der Waals surface area contributed by atoms with Gasteiger partial charge in [0.25, 0.3) is 0 Å². The van der Waals surface area contributed by atoms with Gasteiger partial charge in [-0.2, -0.15) is 0 Å². The Hall–Kier alpha value is -1.23. The third-order valence-corrected chi connectivity index (χ3v) is 2.83. The fraction of sp³-hybridized carbons (Fsp3) is 0.500. The summed E-state index contributed by atoms with van der Waals surface area (Å²) in [6.45, 7) is 7.84. The molecule has 0 aromatic heterocycles. The summed E-state index contributed by atoms with van der Waals surface area (Å²) < 4.78 is 17.1. The molecule has 0 amide bonds. The van der Waals surface area contributed by atoms with Crippen LogP contribution in [0.3, 0.4) is 0 Å². The van der Waals surface area contributed by atoms with E-state index in [-0.39, 0.29) is 0 Å². The zero-order valence-electron chi connectivity index (χ0n) is 11.7. The van der Waals surface area contributed by atoms with Crippen LogP contribution in [0.25, 0.3) is 0 Å². The molecule has 0 aliphatic rings. The molecule has 0 saturated carbocycles. The van der Waals surface area contributed by atoms with Crippen molar-refractivity contribution in [2.24, 2.45) is 0 Å². The molecule has 0 bridgehead atoms. The highest BCUT2D eigenvalue weighted by molar-refractivity contribution is 9.10. The summed E-state index contributed by atoms with van der Waals surface area (Å²) in [6.07, 6.45) is 0. The minimum absolute atomic E-state index is 0.324. The third kappa shape index (κ3) is 4.42. The molecule has 1 rings (SSSR count). The van der Waals surface area contributed by atoms with Crippen LogP contribution in [0, 0.1) is 0 Å². The number of carbonyl (C=O) groups is 1. The highest BCUT2D eigenvalue weighted by atomic mass is 79.9. The van der Waals surface area contributed by atoms with Gasteiger partial charge >= 0.3 is 5.97 Å². The van der Waals surface area contributed by atoms with Gasteiger partial charge in [0.2, 0.25) is 0 Å². The maximum Gasteiger partial charge on any atom is 0.349 e. The largest absolute Gasteiger partial charge is 0.490 e. The first-order valence-electron chi connectivity index (χ1n) is 6.19. The number of benzene rings is 1. The number of halogens is 1. The fourth-order valence-electron chi connectivity index (χ4n) is 1.46. The minimum atomic E-state index is -1.06. The summed E-state index contributed by atoms with van der Waals surface area (Å²) in [6, 6.07) is 5.40. The Kier molecular flexibility index (Phi) is 5.66. The van der Waals surface area contributed by atoms with E-state index in [1.807, 2.05) is 13.0 Å². The molecule has 19 heavy (non-hydrogen) atoms. The highest BCUT2D eigenvalue weighted by Gasteiger charge is 2.32. The molecule has 1 aromatic carbocycles. The van der Waals surface area contributed by atoms with Crippen molar-refractivity contribution in [3.8, 4) is 11.5 Å². The van der Waals surface area contributed by atoms with Gasteiger partial charge < -0.3 is 14.2 Å². The molecule has 0 saturated heterocycles. The van der Waals surface area contributed by atoms with Crippen molar-refractivity contribution in [2.75, 3.05) is 13.2 Å². The Labute approximate surface area is 122 Å². The first kappa shape index (κ1) is 15.8. The van der Waals surface area contributed by atoms with Crippen LogP contribution in [0.1, 0.15) is 27.7 Å². The minimum Gasteiger partial charge on any atom is -0.490 e. The van der Waals surface area contributed by atoms with Crippen molar-refractivity contribution >= 4 is 21.9 Å². The second kappa shape index (κ2) is 6.80. The zero-order chi connectivity index (χ0) is 14.5. The van der Waals surface area contributed by atoms with Crippen LogP contribution in [-0.4, -0.2) is 24.8 Å². The average molecular weight is 331 g/mol. The van der Waals surface area contributed by atoms with E-state index in [4.69, 9.17) is 14.2 Å². The van der Waals surface area contributed by atoms with Gasteiger partial charge in [0.1, 0.15) is 0 Å². The molecule has 0 heterocycles. The smallest absolute Gasteiger partial charge is 0.349 e. The van der Waals surface area contributed by atoms with Crippen molar-refractivity contribution in [3.05, 3.63) is 22.7 Å². The number of hydrogen-bond donors (Lipinski definition) is 0. The maximum absolute atomic E-state index is 11.8. The molecule has 0 N–H and O–H groups in total. The SMILES string of the molecule is CCOC(=O)C(C)(C)Oc1ccc(Br)cc1OCC. The fourth-order valence-corrected chi connectivity index (χ4v) is 1.80. The lowest BCUT2D eigenvalue weighted by Crippen LogP contribution is -2.39. The van der Waals surface area contributed by atoms with E-state index in [9.17, 15) is 4.79 Å². The standard InChI is InChI=1S/C14H19BrO4/c1-5-17-12-9-10(15)7-8-11(12)19-14(3,4)13(16)18-6-2/h7-9H,5-6H2,1-4H3. The third-order valence-electron chi connectivity index (χ3n) is 2.34. The molecule has 0 radical (unpaired) electrons.